The van der Waals surface area contributed by atoms with Crippen molar-refractivity contribution >= 4 is 0 Å². The van der Waals surface area contributed by atoms with Crippen LogP contribution in [0.3, 0.4) is 0 Å². The van der Waals surface area contributed by atoms with E-state index >= 15 is 0 Å². The Balaban J connectivity index is 2.18. The predicted octanol–water partition coefficient (Wildman–Crippen LogP) is 1.16. The second-order valence-corrected chi connectivity index (χ2v) is 3.84. The van der Waals surface area contributed by atoms with Gasteiger partial charge in [0.25, 0.3) is 0 Å². The van der Waals surface area contributed by atoms with Gasteiger partial charge in [0.1, 0.15) is 0 Å². The Morgan fingerprint density at radius 2 is 2.33 bits per heavy atom. The molecule has 12 heavy (non-hydrogen) atoms. The summed E-state index contributed by atoms with van der Waals surface area (Å²) in [5.74, 6) is 0.811. The van der Waals surface area contributed by atoms with Gasteiger partial charge < -0.3 is 11.1 Å². The highest BCUT2D eigenvalue weighted by atomic mass is 15.0. The fourth-order valence-corrected chi connectivity index (χ4v) is 2.05. The summed E-state index contributed by atoms with van der Waals surface area (Å²) in [4.78, 5) is 0. The molecule has 1 saturated carbocycles. The molecule has 0 radical (unpaired) electrons. The van der Waals surface area contributed by atoms with Crippen molar-refractivity contribution in [1.82, 2.24) is 5.32 Å². The monoisotopic (exact) mass is 164 g/mol. The SMILES string of the molecule is CNC1(C2CC2)C=CC=C(N)C1. The third-order valence-electron chi connectivity index (χ3n) is 2.97. The first-order valence-electron chi connectivity index (χ1n) is 4.59. The van der Waals surface area contributed by atoms with Gasteiger partial charge in [0.15, 0.2) is 0 Å². The van der Waals surface area contributed by atoms with E-state index in [0.717, 1.165) is 18.0 Å². The first-order valence-corrected chi connectivity index (χ1v) is 4.59. The van der Waals surface area contributed by atoms with Gasteiger partial charge >= 0.3 is 0 Å². The number of hydrogen-bond donors (Lipinski definition) is 2. The molecular formula is C10H16N2. The van der Waals surface area contributed by atoms with Crippen molar-refractivity contribution in [3.63, 3.8) is 0 Å². The van der Waals surface area contributed by atoms with E-state index < -0.39 is 0 Å². The summed E-state index contributed by atoms with van der Waals surface area (Å²) in [6.07, 6.45) is 10.0. The summed E-state index contributed by atoms with van der Waals surface area (Å²) in [5.41, 5.74) is 7.00. The molecule has 2 nitrogen and oxygen atoms in total. The van der Waals surface area contributed by atoms with Crippen molar-refractivity contribution in [3.05, 3.63) is 23.9 Å². The Morgan fingerprint density at radius 1 is 1.58 bits per heavy atom. The summed E-state index contributed by atoms with van der Waals surface area (Å²) < 4.78 is 0. The van der Waals surface area contributed by atoms with Gasteiger partial charge in [-0.3, -0.25) is 0 Å². The van der Waals surface area contributed by atoms with Crippen LogP contribution in [0.1, 0.15) is 19.3 Å². The zero-order chi connectivity index (χ0) is 8.60. The molecular weight excluding hydrogens is 148 g/mol. The molecule has 2 aliphatic rings. The quantitative estimate of drug-likeness (QED) is 0.642. The zero-order valence-electron chi connectivity index (χ0n) is 7.51. The van der Waals surface area contributed by atoms with Gasteiger partial charge in [-0.2, -0.15) is 0 Å². The van der Waals surface area contributed by atoms with Gasteiger partial charge in [-0.05, 0) is 31.9 Å². The summed E-state index contributed by atoms with van der Waals surface area (Å²) in [6, 6.07) is 0. The number of nitrogens with two attached hydrogens (primary N) is 1. The molecule has 0 aromatic heterocycles. The Labute approximate surface area is 73.5 Å². The predicted molar refractivity (Wildman–Crippen MR) is 50.5 cm³/mol. The van der Waals surface area contributed by atoms with Gasteiger partial charge in [-0.15, -0.1) is 0 Å². The van der Waals surface area contributed by atoms with E-state index in [1.807, 2.05) is 13.1 Å². The van der Waals surface area contributed by atoms with Crippen molar-refractivity contribution in [2.75, 3.05) is 7.05 Å². The number of hydrogen-bond acceptors (Lipinski definition) is 2. The first-order chi connectivity index (χ1) is 5.77. The van der Waals surface area contributed by atoms with Gasteiger partial charge in [0, 0.05) is 17.7 Å². The molecule has 0 aliphatic heterocycles. The summed E-state index contributed by atoms with van der Waals surface area (Å²) in [6.45, 7) is 0. The van der Waals surface area contributed by atoms with Crippen LogP contribution in [0.4, 0.5) is 0 Å². The normalized spacial score (nSPS) is 34.9. The molecule has 1 unspecified atom stereocenters. The van der Waals surface area contributed by atoms with Crippen molar-refractivity contribution in [2.45, 2.75) is 24.8 Å². The number of likely N-dealkylation sites (N-methyl/N-ethyl adjacent to an activating group) is 1. The number of rotatable bonds is 2. The second-order valence-electron chi connectivity index (χ2n) is 3.84. The first kappa shape index (κ1) is 7.87. The highest BCUT2D eigenvalue weighted by molar-refractivity contribution is 5.28. The summed E-state index contributed by atoms with van der Waals surface area (Å²) >= 11 is 0. The van der Waals surface area contributed by atoms with E-state index in [1.165, 1.54) is 12.8 Å². The molecule has 1 atom stereocenters. The fourth-order valence-electron chi connectivity index (χ4n) is 2.05. The number of allylic oxidation sites excluding steroid dienone is 2. The Morgan fingerprint density at radius 3 is 2.83 bits per heavy atom. The van der Waals surface area contributed by atoms with Crippen LogP contribution in [0.5, 0.6) is 0 Å². The fraction of sp³-hybridized carbons (Fsp3) is 0.600. The van der Waals surface area contributed by atoms with E-state index in [2.05, 4.69) is 17.5 Å². The van der Waals surface area contributed by atoms with Crippen LogP contribution in [-0.2, 0) is 0 Å². The molecule has 0 bridgehead atoms. The topological polar surface area (TPSA) is 38.0 Å². The Hall–Kier alpha value is -0.760. The maximum atomic E-state index is 5.82. The molecule has 0 aromatic rings. The minimum absolute atomic E-state index is 0.179. The average molecular weight is 164 g/mol. The molecule has 3 N–H and O–H groups in total. The lowest BCUT2D eigenvalue weighted by molar-refractivity contribution is 0.375. The highest BCUT2D eigenvalue weighted by Crippen LogP contribution is 2.44. The molecule has 0 amide bonds. The Bertz CT molecular complexity index is 238. The van der Waals surface area contributed by atoms with Crippen LogP contribution in [0, 0.1) is 5.92 Å². The maximum absolute atomic E-state index is 5.82. The molecule has 2 heteroatoms. The Kier molecular flexibility index (Phi) is 1.72. The molecule has 1 fully saturated rings. The molecule has 66 valence electrons. The van der Waals surface area contributed by atoms with Crippen molar-refractivity contribution < 1.29 is 0 Å². The van der Waals surface area contributed by atoms with Crippen molar-refractivity contribution in [1.29, 1.82) is 0 Å². The maximum Gasteiger partial charge on any atom is 0.0448 e. The molecule has 0 saturated heterocycles. The summed E-state index contributed by atoms with van der Waals surface area (Å²) in [5, 5.41) is 3.40. The highest BCUT2D eigenvalue weighted by Gasteiger charge is 2.42. The lowest BCUT2D eigenvalue weighted by atomic mass is 9.85. The van der Waals surface area contributed by atoms with Crippen molar-refractivity contribution in [3.8, 4) is 0 Å². The minimum Gasteiger partial charge on any atom is -0.402 e. The lowest BCUT2D eigenvalue weighted by Crippen LogP contribution is -2.45. The van der Waals surface area contributed by atoms with E-state index in [4.69, 9.17) is 5.73 Å². The largest absolute Gasteiger partial charge is 0.402 e. The van der Waals surface area contributed by atoms with E-state index in [9.17, 15) is 0 Å². The van der Waals surface area contributed by atoms with Crippen LogP contribution in [0.25, 0.3) is 0 Å². The van der Waals surface area contributed by atoms with E-state index in [-0.39, 0.29) is 5.54 Å². The molecule has 2 rings (SSSR count). The van der Waals surface area contributed by atoms with Gasteiger partial charge in [0.2, 0.25) is 0 Å². The summed E-state index contributed by atoms with van der Waals surface area (Å²) in [7, 11) is 2.03. The van der Waals surface area contributed by atoms with Gasteiger partial charge in [-0.1, -0.05) is 12.2 Å². The molecule has 0 spiro atoms. The van der Waals surface area contributed by atoms with E-state index in [0.29, 0.717) is 0 Å². The molecule has 0 heterocycles. The van der Waals surface area contributed by atoms with Crippen LogP contribution in [0.2, 0.25) is 0 Å². The van der Waals surface area contributed by atoms with Gasteiger partial charge in [0.05, 0.1) is 0 Å². The third-order valence-corrected chi connectivity index (χ3v) is 2.97. The van der Waals surface area contributed by atoms with Crippen LogP contribution >= 0.6 is 0 Å². The minimum atomic E-state index is 0.179. The van der Waals surface area contributed by atoms with Crippen LogP contribution in [-0.4, -0.2) is 12.6 Å². The number of nitrogens with one attached hydrogen (secondary N) is 1. The zero-order valence-corrected chi connectivity index (χ0v) is 7.51. The molecule has 0 aromatic carbocycles. The third kappa shape index (κ3) is 1.16. The second kappa shape index (κ2) is 2.63. The van der Waals surface area contributed by atoms with Crippen LogP contribution in [0.15, 0.2) is 23.9 Å². The lowest BCUT2D eigenvalue weighted by Gasteiger charge is -2.32. The van der Waals surface area contributed by atoms with E-state index in [1.54, 1.807) is 0 Å². The smallest absolute Gasteiger partial charge is 0.0448 e. The van der Waals surface area contributed by atoms with Gasteiger partial charge in [-0.25, -0.2) is 0 Å². The van der Waals surface area contributed by atoms with Crippen molar-refractivity contribution in [2.24, 2.45) is 11.7 Å². The van der Waals surface area contributed by atoms with Crippen LogP contribution < -0.4 is 11.1 Å². The standard InChI is InChI=1S/C10H16N2/c1-12-10(8-4-5-8)6-2-3-9(11)7-10/h2-3,6,8,12H,4-5,7,11H2,1H3. The average Bonchev–Trinajstić information content (AvgIpc) is 2.86. The molecule has 2 aliphatic carbocycles.